The largest absolute Gasteiger partial charge is 0.480 e. The minimum absolute atomic E-state index is 0.0839. The van der Waals surface area contributed by atoms with E-state index in [2.05, 4.69) is 21.8 Å². The van der Waals surface area contributed by atoms with Crippen molar-refractivity contribution < 1.29 is 14.6 Å². The van der Waals surface area contributed by atoms with Crippen molar-refractivity contribution in [2.45, 2.75) is 43.7 Å². The maximum atomic E-state index is 13.0. The SMILES string of the molecule is COc1nn(-c2ccccc2)c(NC(=O)NC2c3ccccc3C3(CC3)C[C@@H]2O)c1C. The number of anilines is 1. The van der Waals surface area contributed by atoms with E-state index in [0.29, 0.717) is 18.1 Å². The highest BCUT2D eigenvalue weighted by molar-refractivity contribution is 5.90. The normalized spacial score (nSPS) is 20.7. The number of urea groups is 1. The van der Waals surface area contributed by atoms with E-state index in [1.807, 2.05) is 55.5 Å². The highest BCUT2D eigenvalue weighted by atomic mass is 16.5. The number of aromatic nitrogens is 2. The minimum Gasteiger partial charge on any atom is -0.480 e. The summed E-state index contributed by atoms with van der Waals surface area (Å²) >= 11 is 0. The quantitative estimate of drug-likeness (QED) is 0.601. The molecule has 0 saturated heterocycles. The first-order valence-electron chi connectivity index (χ1n) is 10.6. The van der Waals surface area contributed by atoms with Gasteiger partial charge in [-0.1, -0.05) is 42.5 Å². The van der Waals surface area contributed by atoms with Crippen LogP contribution in [0.25, 0.3) is 5.69 Å². The van der Waals surface area contributed by atoms with Crippen molar-refractivity contribution in [2.24, 2.45) is 0 Å². The molecule has 160 valence electrons. The summed E-state index contributed by atoms with van der Waals surface area (Å²) in [5, 5.41) is 21.3. The molecule has 2 amide bonds. The van der Waals surface area contributed by atoms with Crippen LogP contribution in [0.2, 0.25) is 0 Å². The van der Waals surface area contributed by atoms with Gasteiger partial charge in [0.2, 0.25) is 5.88 Å². The molecule has 1 spiro atoms. The molecule has 2 aliphatic rings. The topological polar surface area (TPSA) is 88.4 Å². The number of rotatable bonds is 4. The molecule has 31 heavy (non-hydrogen) atoms. The van der Waals surface area contributed by atoms with Gasteiger partial charge in [0.05, 0.1) is 30.5 Å². The van der Waals surface area contributed by atoms with Gasteiger partial charge in [0.1, 0.15) is 5.82 Å². The maximum absolute atomic E-state index is 13.0. The first-order valence-corrected chi connectivity index (χ1v) is 10.6. The van der Waals surface area contributed by atoms with Gasteiger partial charge in [0.25, 0.3) is 0 Å². The van der Waals surface area contributed by atoms with E-state index in [4.69, 9.17) is 4.74 Å². The summed E-state index contributed by atoms with van der Waals surface area (Å²) in [5.74, 6) is 0.968. The molecule has 0 aliphatic heterocycles. The van der Waals surface area contributed by atoms with Gasteiger partial charge < -0.3 is 15.2 Å². The zero-order chi connectivity index (χ0) is 21.6. The molecule has 1 fully saturated rings. The van der Waals surface area contributed by atoms with Crippen LogP contribution in [-0.2, 0) is 5.41 Å². The third-order valence-corrected chi connectivity index (χ3v) is 6.50. The molecule has 0 bridgehead atoms. The molecule has 5 rings (SSSR count). The van der Waals surface area contributed by atoms with Crippen LogP contribution in [0.1, 0.15) is 42.0 Å². The van der Waals surface area contributed by atoms with Gasteiger partial charge in [-0.2, -0.15) is 0 Å². The van der Waals surface area contributed by atoms with Gasteiger partial charge in [-0.05, 0) is 54.9 Å². The molecule has 3 aromatic rings. The summed E-state index contributed by atoms with van der Waals surface area (Å²) in [6.45, 7) is 1.85. The van der Waals surface area contributed by atoms with Crippen molar-refractivity contribution in [3.63, 3.8) is 0 Å². The Labute approximate surface area is 181 Å². The minimum atomic E-state index is -0.627. The molecule has 2 atom stereocenters. The Hall–Kier alpha value is -3.32. The van der Waals surface area contributed by atoms with Gasteiger partial charge in [0, 0.05) is 0 Å². The fourth-order valence-corrected chi connectivity index (χ4v) is 4.74. The number of ether oxygens (including phenoxy) is 1. The Morgan fingerprint density at radius 1 is 1.16 bits per heavy atom. The molecule has 2 aromatic carbocycles. The highest BCUT2D eigenvalue weighted by Crippen LogP contribution is 2.57. The number of benzene rings is 2. The number of fused-ring (bicyclic) bond motifs is 2. The predicted molar refractivity (Wildman–Crippen MR) is 118 cm³/mol. The molecule has 1 unspecified atom stereocenters. The number of carbonyl (C=O) groups excluding carboxylic acids is 1. The van der Waals surface area contributed by atoms with Gasteiger partial charge in [-0.3, -0.25) is 5.32 Å². The van der Waals surface area contributed by atoms with Crippen LogP contribution >= 0.6 is 0 Å². The van der Waals surface area contributed by atoms with Gasteiger partial charge in [-0.25, -0.2) is 9.48 Å². The van der Waals surface area contributed by atoms with E-state index < -0.39 is 18.2 Å². The number of nitrogens with zero attached hydrogens (tertiary/aromatic N) is 2. The number of aliphatic hydroxyl groups is 1. The second-order valence-electron chi connectivity index (χ2n) is 8.45. The Kier molecular flexibility index (Phi) is 4.70. The standard InChI is InChI=1S/C24H26N4O3/c1-15-21(28(27-22(15)31-2)16-8-4-3-5-9-16)26-23(30)25-20-17-10-6-7-11-18(17)24(12-13-24)14-19(20)29/h3-11,19-20,29H,12-14H2,1-2H3,(H2,25,26,30)/t19-,20?/m0/s1. The first-order chi connectivity index (χ1) is 15.0. The molecule has 1 heterocycles. The van der Waals surface area contributed by atoms with Crippen molar-refractivity contribution in [2.75, 3.05) is 12.4 Å². The summed E-state index contributed by atoms with van der Waals surface area (Å²) in [5.41, 5.74) is 3.86. The number of hydrogen-bond acceptors (Lipinski definition) is 4. The average Bonchev–Trinajstić information content (AvgIpc) is 3.49. The Morgan fingerprint density at radius 3 is 2.58 bits per heavy atom. The van der Waals surface area contributed by atoms with E-state index in [1.54, 1.807) is 11.8 Å². The second kappa shape index (κ2) is 7.42. The molecule has 1 saturated carbocycles. The molecule has 7 nitrogen and oxygen atoms in total. The van der Waals surface area contributed by atoms with Gasteiger partial charge >= 0.3 is 6.03 Å². The van der Waals surface area contributed by atoms with Crippen LogP contribution in [0.3, 0.4) is 0 Å². The Bertz CT molecular complexity index is 1120. The van der Waals surface area contributed by atoms with Crippen molar-refractivity contribution in [1.29, 1.82) is 0 Å². The molecule has 1 aromatic heterocycles. The number of carbonyl (C=O) groups is 1. The summed E-state index contributed by atoms with van der Waals surface area (Å²) in [4.78, 5) is 13.0. The number of methoxy groups -OCH3 is 1. The number of amides is 2. The smallest absolute Gasteiger partial charge is 0.320 e. The lowest BCUT2D eigenvalue weighted by Gasteiger charge is -2.36. The van der Waals surface area contributed by atoms with E-state index in [-0.39, 0.29) is 5.41 Å². The zero-order valence-electron chi connectivity index (χ0n) is 17.6. The highest BCUT2D eigenvalue weighted by Gasteiger charge is 2.52. The average molecular weight is 418 g/mol. The zero-order valence-corrected chi connectivity index (χ0v) is 17.6. The fraction of sp³-hybridized carbons (Fsp3) is 0.333. The lowest BCUT2D eigenvalue weighted by Crippen LogP contribution is -2.44. The summed E-state index contributed by atoms with van der Waals surface area (Å²) in [6, 6.07) is 16.8. The number of aliphatic hydroxyl groups excluding tert-OH is 1. The van der Waals surface area contributed by atoms with Crippen LogP contribution in [0.15, 0.2) is 54.6 Å². The summed E-state index contributed by atoms with van der Waals surface area (Å²) in [6.07, 6.45) is 2.23. The number of nitrogens with one attached hydrogen (secondary N) is 2. The van der Waals surface area contributed by atoms with Crippen LogP contribution in [0.5, 0.6) is 5.88 Å². The van der Waals surface area contributed by atoms with Crippen LogP contribution in [0, 0.1) is 6.92 Å². The number of para-hydroxylation sites is 1. The second-order valence-corrected chi connectivity index (χ2v) is 8.45. The molecule has 7 heteroatoms. The van der Waals surface area contributed by atoms with E-state index in [1.165, 1.54) is 5.56 Å². The molecule has 2 aliphatic carbocycles. The lowest BCUT2D eigenvalue weighted by atomic mass is 9.76. The molecular weight excluding hydrogens is 392 g/mol. The Balaban J connectivity index is 1.42. The van der Waals surface area contributed by atoms with Crippen molar-refractivity contribution in [3.05, 3.63) is 71.3 Å². The Morgan fingerprint density at radius 2 is 1.87 bits per heavy atom. The fourth-order valence-electron chi connectivity index (χ4n) is 4.74. The summed E-state index contributed by atoms with van der Waals surface area (Å²) in [7, 11) is 1.55. The first kappa shape index (κ1) is 19.6. The third-order valence-electron chi connectivity index (χ3n) is 6.50. The van der Waals surface area contributed by atoms with E-state index in [9.17, 15) is 9.90 Å². The van der Waals surface area contributed by atoms with Crippen LogP contribution in [0.4, 0.5) is 10.6 Å². The van der Waals surface area contributed by atoms with E-state index in [0.717, 1.165) is 29.7 Å². The lowest BCUT2D eigenvalue weighted by molar-refractivity contribution is 0.100. The monoisotopic (exact) mass is 418 g/mol. The van der Waals surface area contributed by atoms with E-state index >= 15 is 0 Å². The maximum Gasteiger partial charge on any atom is 0.320 e. The van der Waals surface area contributed by atoms with Crippen molar-refractivity contribution in [3.8, 4) is 11.6 Å². The van der Waals surface area contributed by atoms with Gasteiger partial charge in [-0.15, -0.1) is 5.10 Å². The molecule has 3 N–H and O–H groups in total. The van der Waals surface area contributed by atoms with Crippen LogP contribution in [-0.4, -0.2) is 34.1 Å². The van der Waals surface area contributed by atoms with Crippen LogP contribution < -0.4 is 15.4 Å². The summed E-state index contributed by atoms with van der Waals surface area (Å²) < 4.78 is 7.02. The van der Waals surface area contributed by atoms with Crippen molar-refractivity contribution >= 4 is 11.8 Å². The molecular formula is C24H26N4O3. The predicted octanol–water partition coefficient (Wildman–Crippen LogP) is 3.85. The third kappa shape index (κ3) is 3.35. The van der Waals surface area contributed by atoms with Gasteiger partial charge in [0.15, 0.2) is 0 Å². The molecule has 0 radical (unpaired) electrons. The number of hydrogen-bond donors (Lipinski definition) is 3. The van der Waals surface area contributed by atoms with Crippen molar-refractivity contribution in [1.82, 2.24) is 15.1 Å².